The van der Waals surface area contributed by atoms with Crippen LogP contribution in [0.15, 0.2) is 35.7 Å². The van der Waals surface area contributed by atoms with Crippen molar-refractivity contribution in [1.82, 2.24) is 4.98 Å². The molecule has 84 valence electrons. The zero-order chi connectivity index (χ0) is 11.4. The van der Waals surface area contributed by atoms with E-state index in [0.29, 0.717) is 6.42 Å². The Morgan fingerprint density at radius 3 is 2.75 bits per heavy atom. The average molecular weight is 234 g/mol. The molecule has 2 rings (SSSR count). The molecule has 16 heavy (non-hydrogen) atoms. The molecule has 0 bridgehead atoms. The summed E-state index contributed by atoms with van der Waals surface area (Å²) in [7, 11) is 0. The predicted octanol–water partition coefficient (Wildman–Crippen LogP) is 1.67. The highest BCUT2D eigenvalue weighted by Gasteiger charge is 2.08. The first-order chi connectivity index (χ1) is 7.79. The molecule has 1 atom stereocenters. The number of nitrogens with two attached hydrogens (primary N) is 1. The van der Waals surface area contributed by atoms with Crippen LogP contribution in [0.5, 0.6) is 0 Å². The van der Waals surface area contributed by atoms with Gasteiger partial charge in [-0.3, -0.25) is 0 Å². The summed E-state index contributed by atoms with van der Waals surface area (Å²) in [6.07, 6.45) is 0.0448. The van der Waals surface area contributed by atoms with E-state index in [-0.39, 0.29) is 6.54 Å². The fraction of sp³-hybridized carbons (Fsp3) is 0.250. The van der Waals surface area contributed by atoms with Gasteiger partial charge in [0.1, 0.15) is 0 Å². The summed E-state index contributed by atoms with van der Waals surface area (Å²) in [5.74, 6) is 0. The van der Waals surface area contributed by atoms with E-state index in [0.717, 1.165) is 16.3 Å². The molecule has 0 aliphatic carbocycles. The van der Waals surface area contributed by atoms with Crippen molar-refractivity contribution >= 4 is 11.3 Å². The highest BCUT2D eigenvalue weighted by atomic mass is 32.1. The Balaban J connectivity index is 2.14. The summed E-state index contributed by atoms with van der Waals surface area (Å²) in [6, 6.07) is 10.0. The van der Waals surface area contributed by atoms with E-state index in [9.17, 15) is 5.11 Å². The highest BCUT2D eigenvalue weighted by molar-refractivity contribution is 7.09. The van der Waals surface area contributed by atoms with Crippen LogP contribution in [0.3, 0.4) is 0 Å². The smallest absolute Gasteiger partial charge is 0.0958 e. The number of nitrogens with zero attached hydrogens (tertiary/aromatic N) is 1. The van der Waals surface area contributed by atoms with E-state index in [1.807, 2.05) is 35.7 Å². The standard InChI is InChI=1S/C12H14N2OS/c13-7-10(15)6-12-14-11(8-16-12)9-4-2-1-3-5-9/h1-5,8,10,15H,6-7,13H2. The van der Waals surface area contributed by atoms with Crippen LogP contribution >= 0.6 is 11.3 Å². The molecule has 0 spiro atoms. The number of hydrogen-bond donors (Lipinski definition) is 2. The van der Waals surface area contributed by atoms with E-state index in [4.69, 9.17) is 5.73 Å². The lowest BCUT2D eigenvalue weighted by Crippen LogP contribution is -2.21. The lowest BCUT2D eigenvalue weighted by molar-refractivity contribution is 0.183. The van der Waals surface area contributed by atoms with Gasteiger partial charge in [-0.15, -0.1) is 11.3 Å². The zero-order valence-electron chi connectivity index (χ0n) is 8.84. The lowest BCUT2D eigenvalue weighted by Gasteiger charge is -2.03. The second-order valence-corrected chi connectivity index (χ2v) is 4.53. The number of rotatable bonds is 4. The van der Waals surface area contributed by atoms with Crippen molar-refractivity contribution < 1.29 is 5.11 Å². The third kappa shape index (κ3) is 2.66. The minimum absolute atomic E-state index is 0.278. The fourth-order valence-corrected chi connectivity index (χ4v) is 2.31. The molecule has 4 heteroatoms. The molecule has 1 aromatic carbocycles. The van der Waals surface area contributed by atoms with Gasteiger partial charge in [0.2, 0.25) is 0 Å². The van der Waals surface area contributed by atoms with Gasteiger partial charge in [-0.2, -0.15) is 0 Å². The van der Waals surface area contributed by atoms with Crippen molar-refractivity contribution in [2.45, 2.75) is 12.5 Å². The molecule has 0 saturated carbocycles. The molecule has 0 amide bonds. The molecule has 0 fully saturated rings. The molecular formula is C12H14N2OS. The first kappa shape index (κ1) is 11.3. The summed E-state index contributed by atoms with van der Waals surface area (Å²) in [6.45, 7) is 0.278. The molecule has 2 aromatic rings. The summed E-state index contributed by atoms with van der Waals surface area (Å²) in [4.78, 5) is 4.47. The van der Waals surface area contributed by atoms with Gasteiger partial charge in [-0.1, -0.05) is 30.3 Å². The number of thiazole rings is 1. The molecule has 3 N–H and O–H groups in total. The first-order valence-electron chi connectivity index (χ1n) is 5.17. The number of aliphatic hydroxyl groups is 1. The third-order valence-corrected chi connectivity index (χ3v) is 3.17. The van der Waals surface area contributed by atoms with E-state index in [1.165, 1.54) is 0 Å². The molecule has 0 radical (unpaired) electrons. The maximum atomic E-state index is 9.43. The van der Waals surface area contributed by atoms with Gasteiger partial charge in [0.15, 0.2) is 0 Å². The normalized spacial score (nSPS) is 12.6. The Kier molecular flexibility index (Phi) is 3.66. The largest absolute Gasteiger partial charge is 0.391 e. The minimum atomic E-state index is -0.491. The van der Waals surface area contributed by atoms with E-state index >= 15 is 0 Å². The Morgan fingerprint density at radius 1 is 1.31 bits per heavy atom. The maximum absolute atomic E-state index is 9.43. The molecule has 0 aliphatic heterocycles. The van der Waals surface area contributed by atoms with Crippen molar-refractivity contribution in [3.63, 3.8) is 0 Å². The van der Waals surface area contributed by atoms with Crippen molar-refractivity contribution in [2.24, 2.45) is 5.73 Å². The van der Waals surface area contributed by atoms with Gasteiger partial charge in [-0.05, 0) is 0 Å². The quantitative estimate of drug-likeness (QED) is 0.846. The molecule has 0 aliphatic rings. The second-order valence-electron chi connectivity index (χ2n) is 3.59. The number of hydrogen-bond acceptors (Lipinski definition) is 4. The zero-order valence-corrected chi connectivity index (χ0v) is 9.65. The van der Waals surface area contributed by atoms with Crippen molar-refractivity contribution in [3.8, 4) is 11.3 Å². The lowest BCUT2D eigenvalue weighted by atomic mass is 10.2. The highest BCUT2D eigenvalue weighted by Crippen LogP contribution is 2.22. The van der Waals surface area contributed by atoms with Crippen LogP contribution in [0.25, 0.3) is 11.3 Å². The van der Waals surface area contributed by atoms with Crippen LogP contribution in [0, 0.1) is 0 Å². The van der Waals surface area contributed by atoms with Gasteiger partial charge in [0, 0.05) is 23.9 Å². The summed E-state index contributed by atoms with van der Waals surface area (Å²) >= 11 is 1.56. The van der Waals surface area contributed by atoms with Gasteiger partial charge >= 0.3 is 0 Å². The molecule has 3 nitrogen and oxygen atoms in total. The van der Waals surface area contributed by atoms with Crippen LogP contribution in [0.2, 0.25) is 0 Å². The van der Waals surface area contributed by atoms with E-state index in [2.05, 4.69) is 4.98 Å². The molecule has 1 aromatic heterocycles. The summed E-state index contributed by atoms with van der Waals surface area (Å²) in [5.41, 5.74) is 7.43. The van der Waals surface area contributed by atoms with Crippen LogP contribution < -0.4 is 5.73 Å². The van der Waals surface area contributed by atoms with Crippen LogP contribution in [-0.2, 0) is 6.42 Å². The Bertz CT molecular complexity index is 441. The van der Waals surface area contributed by atoms with Gasteiger partial charge in [0.05, 0.1) is 16.8 Å². The van der Waals surface area contributed by atoms with Crippen LogP contribution in [-0.4, -0.2) is 22.7 Å². The Labute approximate surface area is 98.6 Å². The van der Waals surface area contributed by atoms with Crippen LogP contribution in [0.1, 0.15) is 5.01 Å². The number of aliphatic hydroxyl groups excluding tert-OH is 1. The minimum Gasteiger partial charge on any atom is -0.391 e. The van der Waals surface area contributed by atoms with E-state index < -0.39 is 6.10 Å². The SMILES string of the molecule is NCC(O)Cc1nc(-c2ccccc2)cs1. The summed E-state index contributed by atoms with van der Waals surface area (Å²) in [5, 5.41) is 12.4. The van der Waals surface area contributed by atoms with Gasteiger partial charge in [-0.25, -0.2) is 4.98 Å². The van der Waals surface area contributed by atoms with Gasteiger partial charge < -0.3 is 10.8 Å². The monoisotopic (exact) mass is 234 g/mol. The average Bonchev–Trinajstić information content (AvgIpc) is 2.78. The first-order valence-corrected chi connectivity index (χ1v) is 6.05. The molecule has 1 heterocycles. The number of benzene rings is 1. The third-order valence-electron chi connectivity index (χ3n) is 2.30. The second kappa shape index (κ2) is 5.21. The van der Waals surface area contributed by atoms with Crippen molar-refractivity contribution in [3.05, 3.63) is 40.7 Å². The predicted molar refractivity (Wildman–Crippen MR) is 66.3 cm³/mol. The Hall–Kier alpha value is -1.23. The van der Waals surface area contributed by atoms with Crippen molar-refractivity contribution in [2.75, 3.05) is 6.54 Å². The van der Waals surface area contributed by atoms with Crippen LogP contribution in [0.4, 0.5) is 0 Å². The fourth-order valence-electron chi connectivity index (χ4n) is 1.43. The summed E-state index contributed by atoms with van der Waals surface area (Å²) < 4.78 is 0. The topological polar surface area (TPSA) is 59.1 Å². The molecule has 1 unspecified atom stereocenters. The maximum Gasteiger partial charge on any atom is 0.0958 e. The molecule has 0 saturated heterocycles. The Morgan fingerprint density at radius 2 is 2.06 bits per heavy atom. The molecular weight excluding hydrogens is 220 g/mol. The van der Waals surface area contributed by atoms with E-state index in [1.54, 1.807) is 11.3 Å². The van der Waals surface area contributed by atoms with Crippen molar-refractivity contribution in [1.29, 1.82) is 0 Å². The van der Waals surface area contributed by atoms with Gasteiger partial charge in [0.25, 0.3) is 0 Å². The number of aromatic nitrogens is 1.